The van der Waals surface area contributed by atoms with Crippen LogP contribution >= 0.6 is 0 Å². The van der Waals surface area contributed by atoms with Crippen molar-refractivity contribution in [1.29, 1.82) is 0 Å². The quantitative estimate of drug-likeness (QED) is 0.438. The smallest absolute Gasteiger partial charge is 0.652 e. The van der Waals surface area contributed by atoms with Crippen LogP contribution in [0.4, 0.5) is 4.79 Å². The first-order valence-corrected chi connectivity index (χ1v) is 0.612. The van der Waals surface area contributed by atoms with E-state index in [1.807, 2.05) is 0 Å². The van der Waals surface area contributed by atoms with Crippen molar-refractivity contribution in [2.45, 2.75) is 0 Å². The largest absolute Gasteiger partial charge is 2.00 e. The van der Waals surface area contributed by atoms with Gasteiger partial charge in [-0.25, -0.2) is 0 Å². The van der Waals surface area contributed by atoms with Crippen molar-refractivity contribution in [2.75, 3.05) is 0 Å². The third-order valence-electron chi connectivity index (χ3n) is 0. The Hall–Kier alpha value is 1.41. The van der Waals surface area contributed by atoms with Gasteiger partial charge in [-0.1, -0.05) is 0 Å². The standard InChI is InChI=1S/CH2O3.Pd.Sr/c2-1(3)4;;/h(H2,2,3,4);;/q;;+2/p-2. The minimum atomic E-state index is -2.33. The molecule has 5 heteroatoms. The van der Waals surface area contributed by atoms with E-state index in [1.165, 1.54) is 0 Å². The molecule has 0 N–H and O–H groups in total. The summed E-state index contributed by atoms with van der Waals surface area (Å²) in [5.74, 6) is 0. The van der Waals surface area contributed by atoms with E-state index in [1.54, 1.807) is 0 Å². The van der Waals surface area contributed by atoms with Gasteiger partial charge in [-0.05, 0) is 6.16 Å². The minimum Gasteiger partial charge on any atom is -0.652 e. The predicted octanol–water partition coefficient (Wildman–Crippen LogP) is -2.83. The van der Waals surface area contributed by atoms with Crippen molar-refractivity contribution < 1.29 is 35.4 Å². The van der Waals surface area contributed by atoms with Gasteiger partial charge in [0.05, 0.1) is 0 Å². The second-order valence-corrected chi connectivity index (χ2v) is 0.250. The Bertz CT molecular complexity index is 33.8. The second-order valence-electron chi connectivity index (χ2n) is 0.250. The van der Waals surface area contributed by atoms with Crippen LogP contribution in [0, 0.1) is 0 Å². The minimum absolute atomic E-state index is 0. The van der Waals surface area contributed by atoms with Crippen molar-refractivity contribution in [3.05, 3.63) is 0 Å². The van der Waals surface area contributed by atoms with Crippen LogP contribution in [0.15, 0.2) is 0 Å². The van der Waals surface area contributed by atoms with Crippen molar-refractivity contribution in [2.24, 2.45) is 0 Å². The van der Waals surface area contributed by atoms with E-state index in [4.69, 9.17) is 15.0 Å². The van der Waals surface area contributed by atoms with E-state index in [0.717, 1.165) is 0 Å². The normalized spacial score (nSPS) is 4.00. The number of carboxylic acid groups (broad SMARTS) is 2. The van der Waals surface area contributed by atoms with E-state index in [2.05, 4.69) is 0 Å². The van der Waals surface area contributed by atoms with Crippen molar-refractivity contribution in [1.82, 2.24) is 0 Å². The van der Waals surface area contributed by atoms with E-state index in [9.17, 15) is 0 Å². The Kier molecular flexibility index (Phi) is 25.2. The molecule has 0 aromatic heterocycles. The molecule has 34 valence electrons. The molecular weight excluding hydrogens is 254 g/mol. The monoisotopic (exact) mass is 254 g/mol. The Morgan fingerprint density at radius 1 is 1.33 bits per heavy atom. The van der Waals surface area contributed by atoms with E-state index in [0.29, 0.717) is 0 Å². The van der Waals surface area contributed by atoms with Gasteiger partial charge in [0.2, 0.25) is 0 Å². The first kappa shape index (κ1) is 15.7. The summed E-state index contributed by atoms with van der Waals surface area (Å²) in [6, 6.07) is 0. The van der Waals surface area contributed by atoms with Gasteiger partial charge in [0, 0.05) is 20.4 Å². The fraction of sp³-hybridized carbons (Fsp3) is 0. The number of hydrogen-bond donors (Lipinski definition) is 0. The fourth-order valence-electron chi connectivity index (χ4n) is 0. The zero-order valence-corrected chi connectivity index (χ0v) is 7.78. The molecule has 0 radical (unpaired) electrons. The molecule has 0 heterocycles. The molecule has 0 aromatic rings. The number of carbonyl (C=O) groups excluding carboxylic acids is 1. The molecule has 0 aliphatic carbocycles. The number of carbonyl (C=O) groups is 1. The maximum atomic E-state index is 8.33. The molecule has 3 nitrogen and oxygen atoms in total. The molecule has 0 rings (SSSR count). The molecule has 0 amide bonds. The van der Waals surface area contributed by atoms with Gasteiger partial charge in [-0.15, -0.1) is 0 Å². The molecule has 0 fully saturated rings. The van der Waals surface area contributed by atoms with E-state index < -0.39 is 6.16 Å². The van der Waals surface area contributed by atoms with Crippen LogP contribution in [0.1, 0.15) is 0 Å². The fourth-order valence-corrected chi connectivity index (χ4v) is 0. The Labute approximate surface area is 85.7 Å². The summed E-state index contributed by atoms with van der Waals surface area (Å²) in [6.07, 6.45) is -2.33. The van der Waals surface area contributed by atoms with Gasteiger partial charge in [0.25, 0.3) is 0 Å². The van der Waals surface area contributed by atoms with Gasteiger partial charge < -0.3 is 15.0 Å². The van der Waals surface area contributed by atoms with E-state index >= 15 is 0 Å². The van der Waals surface area contributed by atoms with Gasteiger partial charge in [-0.3, -0.25) is 0 Å². The van der Waals surface area contributed by atoms with Crippen LogP contribution in [0.5, 0.6) is 0 Å². The van der Waals surface area contributed by atoms with Crippen LogP contribution in [0.3, 0.4) is 0 Å². The summed E-state index contributed by atoms with van der Waals surface area (Å²) in [5, 5.41) is 16.7. The van der Waals surface area contributed by atoms with Crippen molar-refractivity contribution >= 4 is 51.6 Å². The molecule has 0 aliphatic rings. The first-order chi connectivity index (χ1) is 1.73. The van der Waals surface area contributed by atoms with Crippen LogP contribution in [-0.2, 0) is 20.4 Å². The SMILES string of the molecule is O=C([O-])[O-].[Pd].[Sr+2]. The Morgan fingerprint density at radius 2 is 1.33 bits per heavy atom. The summed E-state index contributed by atoms with van der Waals surface area (Å²) in [5.41, 5.74) is 0. The topological polar surface area (TPSA) is 63.2 Å². The number of rotatable bonds is 0. The number of hydrogen-bond acceptors (Lipinski definition) is 3. The van der Waals surface area contributed by atoms with Gasteiger partial charge >= 0.3 is 45.5 Å². The molecular formula is CO3PdSr. The van der Waals surface area contributed by atoms with Crippen LogP contribution < -0.4 is 10.2 Å². The summed E-state index contributed by atoms with van der Waals surface area (Å²) in [7, 11) is 0. The second kappa shape index (κ2) is 9.65. The Morgan fingerprint density at radius 3 is 1.33 bits per heavy atom. The molecule has 0 saturated carbocycles. The first-order valence-electron chi connectivity index (χ1n) is 0.612. The molecule has 0 bridgehead atoms. The molecule has 6 heavy (non-hydrogen) atoms. The zero-order valence-electron chi connectivity index (χ0n) is 2.75. The maximum Gasteiger partial charge on any atom is 2.00 e. The predicted molar refractivity (Wildman–Crippen MR) is 11.1 cm³/mol. The summed E-state index contributed by atoms with van der Waals surface area (Å²) in [6.45, 7) is 0. The maximum absolute atomic E-state index is 8.33. The average molecular weight is 254 g/mol. The van der Waals surface area contributed by atoms with Crippen LogP contribution in [0.25, 0.3) is 0 Å². The molecule has 0 aliphatic heterocycles. The molecule has 0 aromatic carbocycles. The van der Waals surface area contributed by atoms with Gasteiger partial charge in [-0.2, -0.15) is 0 Å². The van der Waals surface area contributed by atoms with Crippen LogP contribution in [0.2, 0.25) is 0 Å². The van der Waals surface area contributed by atoms with Crippen LogP contribution in [-0.4, -0.2) is 51.6 Å². The Balaban J connectivity index is -0.0000000450. The van der Waals surface area contributed by atoms with Gasteiger partial charge in [0.1, 0.15) is 0 Å². The van der Waals surface area contributed by atoms with Crippen molar-refractivity contribution in [3.63, 3.8) is 0 Å². The summed E-state index contributed by atoms with van der Waals surface area (Å²) >= 11 is 0. The molecule has 0 atom stereocenters. The zero-order chi connectivity index (χ0) is 3.58. The van der Waals surface area contributed by atoms with Gasteiger partial charge in [0.15, 0.2) is 0 Å². The molecule has 0 unspecified atom stereocenters. The third kappa shape index (κ3) is 52.8. The third-order valence-corrected chi connectivity index (χ3v) is 0. The summed E-state index contributed by atoms with van der Waals surface area (Å²) in [4.78, 5) is 8.33. The van der Waals surface area contributed by atoms with E-state index in [-0.39, 0.29) is 65.9 Å². The molecule has 0 spiro atoms. The molecule has 0 saturated heterocycles. The van der Waals surface area contributed by atoms with Crippen molar-refractivity contribution in [3.8, 4) is 0 Å². The average Bonchev–Trinajstić information content (AvgIpc) is 0.811. The summed E-state index contributed by atoms with van der Waals surface area (Å²) < 4.78 is 0.